The van der Waals surface area contributed by atoms with E-state index in [9.17, 15) is 9.90 Å². The minimum Gasteiger partial charge on any atom is -0.491 e. The molecule has 3 rings (SSSR count). The van der Waals surface area contributed by atoms with Crippen LogP contribution in [0.5, 0.6) is 5.75 Å². The van der Waals surface area contributed by atoms with Crippen LogP contribution < -0.4 is 15.4 Å². The number of benzene rings is 1. The molecule has 2 heterocycles. The van der Waals surface area contributed by atoms with E-state index in [0.717, 1.165) is 28.0 Å². The van der Waals surface area contributed by atoms with Gasteiger partial charge in [0, 0.05) is 25.4 Å². The van der Waals surface area contributed by atoms with Crippen LogP contribution in [-0.2, 0) is 0 Å². The Hall–Kier alpha value is -3.39. The number of aromatic nitrogens is 2. The van der Waals surface area contributed by atoms with E-state index in [2.05, 4.69) is 24.0 Å². The molecular formula is C22H26N4O4. The molecule has 8 heteroatoms. The van der Waals surface area contributed by atoms with E-state index in [1.807, 2.05) is 24.3 Å². The van der Waals surface area contributed by atoms with Gasteiger partial charge in [0.05, 0.1) is 11.8 Å². The van der Waals surface area contributed by atoms with Crippen LogP contribution in [0, 0.1) is 5.92 Å². The van der Waals surface area contributed by atoms with Gasteiger partial charge in [-0.3, -0.25) is 4.90 Å². The number of anilines is 1. The minimum absolute atomic E-state index is 0.0680. The van der Waals surface area contributed by atoms with Crippen molar-refractivity contribution in [3.63, 3.8) is 0 Å². The monoisotopic (exact) mass is 410 g/mol. The Morgan fingerprint density at radius 1 is 1.20 bits per heavy atom. The van der Waals surface area contributed by atoms with Crippen molar-refractivity contribution in [1.82, 2.24) is 10.1 Å². The number of hydrogen-bond donors (Lipinski definition) is 2. The molecule has 1 amide bonds. The van der Waals surface area contributed by atoms with Crippen molar-refractivity contribution in [2.45, 2.75) is 26.3 Å². The van der Waals surface area contributed by atoms with Crippen LogP contribution in [0.15, 0.2) is 53.3 Å². The van der Waals surface area contributed by atoms with E-state index in [1.165, 1.54) is 7.05 Å². The van der Waals surface area contributed by atoms with Crippen molar-refractivity contribution in [2.75, 3.05) is 18.6 Å². The van der Waals surface area contributed by atoms with Crippen LogP contribution in [-0.4, -0.2) is 41.0 Å². The SMILES string of the molecule is CC(C)C[C@H](N)COc1ccc(-c2ccnc(N(C)C(=O)O)c2)cc1-c1ccno1. The normalized spacial score (nSPS) is 12.0. The summed E-state index contributed by atoms with van der Waals surface area (Å²) < 4.78 is 11.4. The standard InChI is InChI=1S/C22H26N4O4/c1-14(2)10-17(23)13-29-19-5-4-15(11-18(19)20-7-9-25-30-20)16-6-8-24-21(12-16)26(3)22(27)28/h4-9,11-12,14,17H,10,13,23H2,1-3H3,(H,27,28)/t17-/m0/s1. The van der Waals surface area contributed by atoms with Crippen molar-refractivity contribution in [3.8, 4) is 28.2 Å². The highest BCUT2D eigenvalue weighted by molar-refractivity contribution is 5.85. The molecule has 8 nitrogen and oxygen atoms in total. The van der Waals surface area contributed by atoms with Gasteiger partial charge in [0.2, 0.25) is 0 Å². The van der Waals surface area contributed by atoms with Gasteiger partial charge in [0.1, 0.15) is 18.2 Å². The van der Waals surface area contributed by atoms with E-state index in [4.69, 9.17) is 15.0 Å². The Morgan fingerprint density at radius 2 is 1.97 bits per heavy atom. The Balaban J connectivity index is 1.92. The highest BCUT2D eigenvalue weighted by Gasteiger charge is 2.16. The quantitative estimate of drug-likeness (QED) is 0.570. The summed E-state index contributed by atoms with van der Waals surface area (Å²) in [4.78, 5) is 16.4. The second-order valence-corrected chi connectivity index (χ2v) is 7.53. The van der Waals surface area contributed by atoms with E-state index < -0.39 is 6.09 Å². The van der Waals surface area contributed by atoms with Crippen LogP contribution in [0.1, 0.15) is 20.3 Å². The fraction of sp³-hybridized carbons (Fsp3) is 0.318. The summed E-state index contributed by atoms with van der Waals surface area (Å²) in [7, 11) is 1.45. The third-order valence-electron chi connectivity index (χ3n) is 4.62. The summed E-state index contributed by atoms with van der Waals surface area (Å²) in [5, 5.41) is 13.0. The van der Waals surface area contributed by atoms with Crippen molar-refractivity contribution < 1.29 is 19.2 Å². The van der Waals surface area contributed by atoms with Gasteiger partial charge < -0.3 is 20.1 Å². The minimum atomic E-state index is -1.08. The van der Waals surface area contributed by atoms with Crippen LogP contribution in [0.3, 0.4) is 0 Å². The molecule has 3 N–H and O–H groups in total. The molecule has 0 spiro atoms. The molecule has 2 aromatic heterocycles. The molecule has 0 fully saturated rings. The summed E-state index contributed by atoms with van der Waals surface area (Å²) in [5.41, 5.74) is 8.58. The lowest BCUT2D eigenvalue weighted by atomic mass is 10.0. The maximum absolute atomic E-state index is 11.2. The molecule has 0 aliphatic carbocycles. The summed E-state index contributed by atoms with van der Waals surface area (Å²) in [6.45, 7) is 4.64. The average Bonchev–Trinajstić information content (AvgIpc) is 3.26. The van der Waals surface area contributed by atoms with Gasteiger partial charge >= 0.3 is 6.09 Å². The van der Waals surface area contributed by atoms with Gasteiger partial charge in [-0.05, 0) is 47.7 Å². The molecule has 0 aliphatic rings. The molecule has 0 saturated heterocycles. The zero-order chi connectivity index (χ0) is 21.7. The van der Waals surface area contributed by atoms with Gasteiger partial charge in [0.25, 0.3) is 0 Å². The number of amides is 1. The van der Waals surface area contributed by atoms with Gasteiger partial charge in [-0.1, -0.05) is 25.1 Å². The number of carboxylic acid groups (broad SMARTS) is 1. The maximum Gasteiger partial charge on any atom is 0.412 e. The molecule has 1 aromatic carbocycles. The van der Waals surface area contributed by atoms with E-state index in [1.54, 1.807) is 24.5 Å². The van der Waals surface area contributed by atoms with Crippen LogP contribution in [0.25, 0.3) is 22.5 Å². The van der Waals surface area contributed by atoms with E-state index in [0.29, 0.717) is 29.9 Å². The summed E-state index contributed by atoms with van der Waals surface area (Å²) in [6, 6.07) is 10.9. The van der Waals surface area contributed by atoms with E-state index >= 15 is 0 Å². The first-order chi connectivity index (χ1) is 14.3. The lowest BCUT2D eigenvalue weighted by Gasteiger charge is -2.17. The molecule has 0 aliphatic heterocycles. The number of nitrogens with zero attached hydrogens (tertiary/aromatic N) is 3. The first-order valence-electron chi connectivity index (χ1n) is 9.71. The lowest BCUT2D eigenvalue weighted by Crippen LogP contribution is -2.29. The fourth-order valence-corrected chi connectivity index (χ4v) is 3.13. The zero-order valence-corrected chi connectivity index (χ0v) is 17.3. The van der Waals surface area contributed by atoms with Crippen molar-refractivity contribution in [2.24, 2.45) is 11.7 Å². The highest BCUT2D eigenvalue weighted by Crippen LogP contribution is 2.35. The highest BCUT2D eigenvalue weighted by atomic mass is 16.5. The second kappa shape index (κ2) is 9.41. The van der Waals surface area contributed by atoms with Crippen LogP contribution in [0.2, 0.25) is 0 Å². The van der Waals surface area contributed by atoms with E-state index in [-0.39, 0.29) is 6.04 Å². The molecule has 0 saturated carbocycles. The van der Waals surface area contributed by atoms with Crippen molar-refractivity contribution in [3.05, 3.63) is 48.8 Å². The van der Waals surface area contributed by atoms with Crippen LogP contribution in [0.4, 0.5) is 10.6 Å². The summed E-state index contributed by atoms with van der Waals surface area (Å²) >= 11 is 0. The molecule has 0 radical (unpaired) electrons. The average molecular weight is 410 g/mol. The van der Waals surface area contributed by atoms with Gasteiger partial charge in [-0.2, -0.15) is 0 Å². The zero-order valence-electron chi connectivity index (χ0n) is 17.3. The van der Waals surface area contributed by atoms with Gasteiger partial charge in [-0.15, -0.1) is 0 Å². The molecule has 1 atom stereocenters. The van der Waals surface area contributed by atoms with Crippen LogP contribution >= 0.6 is 0 Å². The number of ether oxygens (including phenoxy) is 1. The number of carbonyl (C=O) groups is 1. The largest absolute Gasteiger partial charge is 0.491 e. The number of pyridine rings is 1. The molecule has 30 heavy (non-hydrogen) atoms. The molecule has 0 unspecified atom stereocenters. The Labute approximate surface area is 175 Å². The van der Waals surface area contributed by atoms with Gasteiger partial charge in [-0.25, -0.2) is 9.78 Å². The summed E-state index contributed by atoms with van der Waals surface area (Å²) in [6.07, 6.45) is 2.94. The molecule has 158 valence electrons. The number of hydrogen-bond acceptors (Lipinski definition) is 6. The van der Waals surface area contributed by atoms with Crippen molar-refractivity contribution >= 4 is 11.9 Å². The molecule has 3 aromatic rings. The fourth-order valence-electron chi connectivity index (χ4n) is 3.13. The summed E-state index contributed by atoms with van der Waals surface area (Å²) in [5.74, 6) is 2.04. The first kappa shape index (κ1) is 21.3. The predicted molar refractivity (Wildman–Crippen MR) is 115 cm³/mol. The predicted octanol–water partition coefficient (Wildman–Crippen LogP) is 4.27. The molecule has 0 bridgehead atoms. The van der Waals surface area contributed by atoms with Crippen molar-refractivity contribution in [1.29, 1.82) is 0 Å². The topological polar surface area (TPSA) is 115 Å². The lowest BCUT2D eigenvalue weighted by molar-refractivity contribution is 0.203. The Kier molecular flexibility index (Phi) is 6.68. The smallest absolute Gasteiger partial charge is 0.412 e. The third-order valence-corrected chi connectivity index (χ3v) is 4.62. The number of nitrogens with two attached hydrogens (primary N) is 1. The number of rotatable bonds is 8. The Morgan fingerprint density at radius 3 is 2.63 bits per heavy atom. The maximum atomic E-state index is 11.2. The molecular weight excluding hydrogens is 384 g/mol. The second-order valence-electron chi connectivity index (χ2n) is 7.53. The third kappa shape index (κ3) is 5.15. The first-order valence-corrected chi connectivity index (χ1v) is 9.71. The van der Waals surface area contributed by atoms with Gasteiger partial charge in [0.15, 0.2) is 5.76 Å². The Bertz CT molecular complexity index is 989.